The van der Waals surface area contributed by atoms with Gasteiger partial charge in [0.05, 0.1) is 17.7 Å². The summed E-state index contributed by atoms with van der Waals surface area (Å²) in [4.78, 5) is 0. The molecule has 6 heteroatoms. The lowest BCUT2D eigenvalue weighted by atomic mass is 9.68. The predicted molar refractivity (Wildman–Crippen MR) is 76.8 cm³/mol. The van der Waals surface area contributed by atoms with Gasteiger partial charge in [-0.15, -0.1) is 0 Å². The third-order valence-electron chi connectivity index (χ3n) is 4.37. The quantitative estimate of drug-likeness (QED) is 0.887. The number of ether oxygens (including phenoxy) is 1. The molecule has 0 unspecified atom stereocenters. The molecule has 2 rings (SSSR count). The molecule has 0 amide bonds. The first-order valence-electron chi connectivity index (χ1n) is 6.99. The third kappa shape index (κ3) is 3.14. The van der Waals surface area contributed by atoms with Crippen molar-refractivity contribution < 1.29 is 17.9 Å². The van der Waals surface area contributed by atoms with Crippen molar-refractivity contribution in [3.8, 4) is 5.75 Å². The van der Waals surface area contributed by atoms with Crippen LogP contribution >= 0.6 is 11.6 Å². The minimum Gasteiger partial charge on any atom is -0.495 e. The van der Waals surface area contributed by atoms with Crippen molar-refractivity contribution in [1.29, 1.82) is 0 Å². The van der Waals surface area contributed by atoms with Gasteiger partial charge in [0.15, 0.2) is 0 Å². The number of rotatable bonds is 3. The number of hydrogen-bond donors (Lipinski definition) is 1. The summed E-state index contributed by atoms with van der Waals surface area (Å²) in [6, 6.07) is 2.38. The Morgan fingerprint density at radius 1 is 1.24 bits per heavy atom. The van der Waals surface area contributed by atoms with E-state index in [1.165, 1.54) is 13.2 Å². The molecule has 0 radical (unpaired) electrons. The molecule has 0 saturated heterocycles. The highest BCUT2D eigenvalue weighted by atomic mass is 35.5. The van der Waals surface area contributed by atoms with E-state index in [9.17, 15) is 13.2 Å². The van der Waals surface area contributed by atoms with E-state index in [4.69, 9.17) is 22.1 Å². The Labute approximate surface area is 127 Å². The van der Waals surface area contributed by atoms with Crippen LogP contribution in [0.25, 0.3) is 0 Å². The van der Waals surface area contributed by atoms with E-state index in [2.05, 4.69) is 0 Å². The Bertz CT molecular complexity index is 510. The van der Waals surface area contributed by atoms with Gasteiger partial charge in [-0.25, -0.2) is 0 Å². The fourth-order valence-corrected chi connectivity index (χ4v) is 3.44. The van der Waals surface area contributed by atoms with Gasteiger partial charge in [0.2, 0.25) is 0 Å². The van der Waals surface area contributed by atoms with Gasteiger partial charge >= 0.3 is 6.18 Å². The molecule has 1 fully saturated rings. The zero-order valence-electron chi connectivity index (χ0n) is 11.9. The average Bonchev–Trinajstić information content (AvgIpc) is 2.46. The zero-order valence-corrected chi connectivity index (χ0v) is 12.7. The Kier molecular flexibility index (Phi) is 4.73. The maximum absolute atomic E-state index is 13.4. The Morgan fingerprint density at radius 3 is 2.33 bits per heavy atom. The first-order chi connectivity index (χ1) is 9.84. The highest BCUT2D eigenvalue weighted by Gasteiger charge is 2.42. The van der Waals surface area contributed by atoms with Crippen LogP contribution in [0.5, 0.6) is 5.75 Å². The van der Waals surface area contributed by atoms with E-state index < -0.39 is 17.2 Å². The summed E-state index contributed by atoms with van der Waals surface area (Å²) in [5.74, 6) is 0.0377. The molecule has 1 aliphatic carbocycles. The second-order valence-corrected chi connectivity index (χ2v) is 5.98. The van der Waals surface area contributed by atoms with Crippen LogP contribution in [0.2, 0.25) is 5.02 Å². The van der Waals surface area contributed by atoms with E-state index in [1.807, 2.05) is 0 Å². The number of benzene rings is 1. The van der Waals surface area contributed by atoms with Crippen molar-refractivity contribution in [3.05, 3.63) is 28.3 Å². The fourth-order valence-electron chi connectivity index (χ4n) is 3.20. The number of halogens is 4. The molecule has 1 aliphatic rings. The van der Waals surface area contributed by atoms with E-state index >= 15 is 0 Å². The highest BCUT2D eigenvalue weighted by Crippen LogP contribution is 2.47. The Morgan fingerprint density at radius 2 is 1.86 bits per heavy atom. The molecule has 0 aliphatic heterocycles. The van der Waals surface area contributed by atoms with Gasteiger partial charge in [-0.05, 0) is 30.5 Å². The summed E-state index contributed by atoms with van der Waals surface area (Å²) < 4.78 is 45.2. The number of methoxy groups -OCH3 is 1. The van der Waals surface area contributed by atoms with Crippen molar-refractivity contribution in [1.82, 2.24) is 0 Å². The van der Waals surface area contributed by atoms with Gasteiger partial charge in [0, 0.05) is 12.0 Å². The van der Waals surface area contributed by atoms with Crippen LogP contribution in [0, 0.1) is 0 Å². The minimum absolute atomic E-state index is 0.0377. The van der Waals surface area contributed by atoms with Gasteiger partial charge in [-0.3, -0.25) is 0 Å². The molecule has 0 aromatic heterocycles. The van der Waals surface area contributed by atoms with Crippen LogP contribution in [0.3, 0.4) is 0 Å². The first kappa shape index (κ1) is 16.4. The van der Waals surface area contributed by atoms with Gasteiger partial charge in [-0.2, -0.15) is 13.2 Å². The second kappa shape index (κ2) is 6.05. The SMILES string of the molecule is COc1cc(C(F)(F)F)c(C2(CN)CCCCC2)cc1Cl. The molecule has 0 heterocycles. The summed E-state index contributed by atoms with van der Waals surface area (Å²) in [7, 11) is 1.31. The topological polar surface area (TPSA) is 35.2 Å². The molecule has 1 aromatic carbocycles. The van der Waals surface area contributed by atoms with Crippen LogP contribution in [0.15, 0.2) is 12.1 Å². The van der Waals surface area contributed by atoms with E-state index in [1.54, 1.807) is 0 Å². The molecule has 21 heavy (non-hydrogen) atoms. The summed E-state index contributed by atoms with van der Waals surface area (Å²) in [6.07, 6.45) is -0.319. The van der Waals surface area contributed by atoms with Gasteiger partial charge in [0.1, 0.15) is 5.75 Å². The summed E-state index contributed by atoms with van der Waals surface area (Å²) in [6.45, 7) is 0.193. The maximum atomic E-state index is 13.4. The number of nitrogens with two attached hydrogens (primary N) is 1. The van der Waals surface area contributed by atoms with Gasteiger partial charge in [-0.1, -0.05) is 30.9 Å². The summed E-state index contributed by atoms with van der Waals surface area (Å²) in [5, 5.41) is 0.193. The van der Waals surface area contributed by atoms with Crippen LogP contribution in [-0.4, -0.2) is 13.7 Å². The first-order valence-corrected chi connectivity index (χ1v) is 7.37. The van der Waals surface area contributed by atoms with Gasteiger partial charge in [0.25, 0.3) is 0 Å². The average molecular weight is 322 g/mol. The lowest BCUT2D eigenvalue weighted by molar-refractivity contribution is -0.139. The fraction of sp³-hybridized carbons (Fsp3) is 0.600. The van der Waals surface area contributed by atoms with Crippen LogP contribution in [-0.2, 0) is 11.6 Å². The van der Waals surface area contributed by atoms with Crippen LogP contribution in [0.4, 0.5) is 13.2 Å². The molecule has 0 atom stereocenters. The molecule has 1 aromatic rings. The molecule has 0 bridgehead atoms. The van der Waals surface area contributed by atoms with E-state index in [0.717, 1.165) is 25.3 Å². The molecular formula is C15H19ClF3NO. The Hall–Kier alpha value is -0.940. The number of alkyl halides is 3. The van der Waals surface area contributed by atoms with E-state index in [0.29, 0.717) is 12.8 Å². The normalized spacial score (nSPS) is 18.6. The lowest BCUT2D eigenvalue weighted by Gasteiger charge is -2.38. The van der Waals surface area contributed by atoms with Crippen molar-refractivity contribution in [2.45, 2.75) is 43.7 Å². The largest absolute Gasteiger partial charge is 0.495 e. The smallest absolute Gasteiger partial charge is 0.416 e. The van der Waals surface area contributed by atoms with Crippen molar-refractivity contribution in [2.75, 3.05) is 13.7 Å². The monoisotopic (exact) mass is 321 g/mol. The van der Waals surface area contributed by atoms with Crippen LogP contribution < -0.4 is 10.5 Å². The van der Waals surface area contributed by atoms with Crippen molar-refractivity contribution in [2.24, 2.45) is 5.73 Å². The highest BCUT2D eigenvalue weighted by molar-refractivity contribution is 6.32. The molecule has 1 saturated carbocycles. The van der Waals surface area contributed by atoms with Crippen LogP contribution in [0.1, 0.15) is 43.2 Å². The molecular weight excluding hydrogens is 303 g/mol. The summed E-state index contributed by atoms with van der Waals surface area (Å²) in [5.41, 5.74) is 4.75. The van der Waals surface area contributed by atoms with Crippen molar-refractivity contribution in [3.63, 3.8) is 0 Å². The lowest BCUT2D eigenvalue weighted by Crippen LogP contribution is -2.39. The molecule has 2 N–H and O–H groups in total. The van der Waals surface area contributed by atoms with Crippen molar-refractivity contribution >= 4 is 11.6 Å². The minimum atomic E-state index is -4.45. The predicted octanol–water partition coefficient (Wildman–Crippen LogP) is 4.53. The standard InChI is InChI=1S/C15H19ClF3NO/c1-21-13-8-11(15(17,18)19)10(7-12(13)16)14(9-20)5-3-2-4-6-14/h7-8H,2-6,9,20H2,1H3. The third-order valence-corrected chi connectivity index (χ3v) is 4.67. The van der Waals surface area contributed by atoms with Gasteiger partial charge < -0.3 is 10.5 Å². The molecule has 0 spiro atoms. The molecule has 2 nitrogen and oxygen atoms in total. The zero-order chi connectivity index (χ0) is 15.7. The maximum Gasteiger partial charge on any atom is 0.416 e. The second-order valence-electron chi connectivity index (χ2n) is 5.58. The Balaban J connectivity index is 2.62. The number of hydrogen-bond acceptors (Lipinski definition) is 2. The summed E-state index contributed by atoms with van der Waals surface area (Å²) >= 11 is 6.06. The molecule has 118 valence electrons. The van der Waals surface area contributed by atoms with E-state index in [-0.39, 0.29) is 22.9 Å².